The monoisotopic (exact) mass is 274 g/mol. The molecule has 4 nitrogen and oxygen atoms in total. The Labute approximate surface area is 118 Å². The molecule has 0 saturated heterocycles. The molecule has 2 rings (SSSR count). The van der Waals surface area contributed by atoms with Crippen LogP contribution in [-0.4, -0.2) is 9.97 Å². The predicted molar refractivity (Wildman–Crippen MR) is 78.8 cm³/mol. The smallest absolute Gasteiger partial charge is 0.161 e. The number of nitrogens with two attached hydrogens (primary N) is 1. The van der Waals surface area contributed by atoms with Gasteiger partial charge < -0.3 is 5.43 Å². The van der Waals surface area contributed by atoms with Crippen LogP contribution in [-0.2, 0) is 0 Å². The fraction of sp³-hybridized carbons (Fsp3) is 0.333. The minimum Gasteiger partial charge on any atom is -0.308 e. The molecule has 5 heteroatoms. The first kappa shape index (κ1) is 14.4. The van der Waals surface area contributed by atoms with Crippen molar-refractivity contribution in [3.63, 3.8) is 0 Å². The lowest BCUT2D eigenvalue weighted by Gasteiger charge is -2.15. The molecule has 1 aromatic carbocycles. The number of hydrogen-bond acceptors (Lipinski definition) is 4. The summed E-state index contributed by atoms with van der Waals surface area (Å²) in [4.78, 5) is 8.96. The normalized spacial score (nSPS) is 10.9. The molecule has 1 aromatic heterocycles. The molecular weight excluding hydrogens is 255 g/mol. The molecule has 0 aliphatic heterocycles. The SMILES string of the molecule is Cc1cc(-c2nc(C)c(C(C)C)c(NN)n2)ccc1F. The highest BCUT2D eigenvalue weighted by Gasteiger charge is 2.15. The van der Waals surface area contributed by atoms with E-state index in [-0.39, 0.29) is 11.7 Å². The van der Waals surface area contributed by atoms with Gasteiger partial charge in [0.05, 0.1) is 0 Å². The predicted octanol–water partition coefficient (Wildman–Crippen LogP) is 3.31. The van der Waals surface area contributed by atoms with E-state index in [2.05, 4.69) is 29.2 Å². The molecular formula is C15H19FN4. The molecule has 2 aromatic rings. The van der Waals surface area contributed by atoms with Crippen molar-refractivity contribution in [1.29, 1.82) is 0 Å². The van der Waals surface area contributed by atoms with Gasteiger partial charge in [-0.1, -0.05) is 13.8 Å². The first-order chi connectivity index (χ1) is 9.43. The fourth-order valence-electron chi connectivity index (χ4n) is 2.30. The number of nitrogens with one attached hydrogen (secondary N) is 1. The summed E-state index contributed by atoms with van der Waals surface area (Å²) in [6.45, 7) is 7.77. The second-order valence-corrected chi connectivity index (χ2v) is 5.16. The van der Waals surface area contributed by atoms with Gasteiger partial charge in [0, 0.05) is 16.8 Å². The van der Waals surface area contributed by atoms with Gasteiger partial charge in [-0.05, 0) is 43.5 Å². The highest BCUT2D eigenvalue weighted by Crippen LogP contribution is 2.28. The summed E-state index contributed by atoms with van der Waals surface area (Å²) in [6.07, 6.45) is 0. The molecule has 0 bridgehead atoms. The Bertz CT molecular complexity index is 638. The van der Waals surface area contributed by atoms with Gasteiger partial charge in [-0.2, -0.15) is 0 Å². The van der Waals surface area contributed by atoms with Crippen molar-refractivity contribution in [3.8, 4) is 11.4 Å². The van der Waals surface area contributed by atoms with Crippen molar-refractivity contribution in [2.75, 3.05) is 5.43 Å². The second-order valence-electron chi connectivity index (χ2n) is 5.16. The number of rotatable bonds is 3. The van der Waals surface area contributed by atoms with E-state index < -0.39 is 0 Å². The van der Waals surface area contributed by atoms with E-state index in [0.717, 1.165) is 16.8 Å². The maximum atomic E-state index is 13.3. The van der Waals surface area contributed by atoms with Crippen molar-refractivity contribution < 1.29 is 4.39 Å². The molecule has 20 heavy (non-hydrogen) atoms. The quantitative estimate of drug-likeness (QED) is 0.665. The Morgan fingerprint density at radius 2 is 1.90 bits per heavy atom. The van der Waals surface area contributed by atoms with Gasteiger partial charge in [-0.3, -0.25) is 0 Å². The van der Waals surface area contributed by atoms with Gasteiger partial charge >= 0.3 is 0 Å². The lowest BCUT2D eigenvalue weighted by molar-refractivity contribution is 0.618. The standard InChI is InChI=1S/C15H19FN4/c1-8(2)13-10(4)18-14(19-15(13)20-17)11-5-6-12(16)9(3)7-11/h5-8H,17H2,1-4H3,(H,18,19,20). The summed E-state index contributed by atoms with van der Waals surface area (Å²) in [5, 5.41) is 0. The van der Waals surface area contributed by atoms with Gasteiger partial charge in [0.25, 0.3) is 0 Å². The van der Waals surface area contributed by atoms with Gasteiger partial charge in [-0.15, -0.1) is 0 Å². The van der Waals surface area contributed by atoms with Gasteiger partial charge in [-0.25, -0.2) is 20.2 Å². The zero-order valence-electron chi connectivity index (χ0n) is 12.2. The topological polar surface area (TPSA) is 63.8 Å². The Morgan fingerprint density at radius 3 is 2.45 bits per heavy atom. The van der Waals surface area contributed by atoms with E-state index in [9.17, 15) is 4.39 Å². The number of anilines is 1. The minimum absolute atomic E-state index is 0.235. The fourth-order valence-corrected chi connectivity index (χ4v) is 2.30. The zero-order chi connectivity index (χ0) is 14.9. The average molecular weight is 274 g/mol. The number of aromatic nitrogens is 2. The molecule has 3 N–H and O–H groups in total. The lowest BCUT2D eigenvalue weighted by atomic mass is 10.0. The van der Waals surface area contributed by atoms with Crippen molar-refractivity contribution in [2.24, 2.45) is 5.84 Å². The molecule has 106 valence electrons. The number of aryl methyl sites for hydroxylation is 2. The third kappa shape index (κ3) is 2.63. The van der Waals surface area contributed by atoms with E-state index in [1.54, 1.807) is 19.1 Å². The number of nitrogen functional groups attached to an aromatic ring is 1. The minimum atomic E-state index is -0.235. The Kier molecular flexibility index (Phi) is 3.99. The molecule has 0 amide bonds. The van der Waals surface area contributed by atoms with Crippen LogP contribution in [0.2, 0.25) is 0 Å². The van der Waals surface area contributed by atoms with Gasteiger partial charge in [0.15, 0.2) is 5.82 Å². The van der Waals surface area contributed by atoms with Crippen molar-refractivity contribution >= 4 is 5.82 Å². The molecule has 0 spiro atoms. The third-order valence-corrected chi connectivity index (χ3v) is 3.27. The van der Waals surface area contributed by atoms with Crippen LogP contribution in [0.5, 0.6) is 0 Å². The van der Waals surface area contributed by atoms with E-state index in [1.165, 1.54) is 6.07 Å². The summed E-state index contributed by atoms with van der Waals surface area (Å²) >= 11 is 0. The van der Waals surface area contributed by atoms with Crippen LogP contribution in [0, 0.1) is 19.7 Å². The molecule has 0 radical (unpaired) electrons. The molecule has 0 aliphatic rings. The zero-order valence-corrected chi connectivity index (χ0v) is 12.2. The number of benzene rings is 1. The summed E-state index contributed by atoms with van der Waals surface area (Å²) in [7, 11) is 0. The third-order valence-electron chi connectivity index (χ3n) is 3.27. The van der Waals surface area contributed by atoms with E-state index in [0.29, 0.717) is 17.2 Å². The van der Waals surface area contributed by atoms with Gasteiger partial charge in [0.2, 0.25) is 0 Å². The Hall–Kier alpha value is -2.01. The summed E-state index contributed by atoms with van der Waals surface area (Å²) in [5.41, 5.74) is 5.84. The molecule has 0 atom stereocenters. The first-order valence-electron chi connectivity index (χ1n) is 6.55. The molecule has 0 saturated carbocycles. The number of halogens is 1. The lowest BCUT2D eigenvalue weighted by Crippen LogP contribution is -2.14. The van der Waals surface area contributed by atoms with Crippen LogP contribution in [0.4, 0.5) is 10.2 Å². The van der Waals surface area contributed by atoms with E-state index >= 15 is 0 Å². The first-order valence-corrected chi connectivity index (χ1v) is 6.55. The maximum Gasteiger partial charge on any atom is 0.161 e. The molecule has 0 aliphatic carbocycles. The number of hydrogen-bond donors (Lipinski definition) is 2. The summed E-state index contributed by atoms with van der Waals surface area (Å²) in [5.74, 6) is 6.75. The number of hydrazine groups is 1. The summed E-state index contributed by atoms with van der Waals surface area (Å²) in [6, 6.07) is 4.83. The van der Waals surface area contributed by atoms with Crippen LogP contribution in [0.1, 0.15) is 36.6 Å². The van der Waals surface area contributed by atoms with Crippen molar-refractivity contribution in [3.05, 3.63) is 40.8 Å². The molecule has 1 heterocycles. The summed E-state index contributed by atoms with van der Waals surface area (Å²) < 4.78 is 13.3. The van der Waals surface area contributed by atoms with Crippen LogP contribution < -0.4 is 11.3 Å². The van der Waals surface area contributed by atoms with Crippen LogP contribution >= 0.6 is 0 Å². The average Bonchev–Trinajstić information content (AvgIpc) is 2.40. The second kappa shape index (κ2) is 5.54. The number of nitrogens with zero attached hydrogens (tertiary/aromatic N) is 2. The molecule has 0 unspecified atom stereocenters. The largest absolute Gasteiger partial charge is 0.308 e. The Balaban J connectivity index is 2.58. The maximum absolute atomic E-state index is 13.3. The van der Waals surface area contributed by atoms with Crippen molar-refractivity contribution in [1.82, 2.24) is 9.97 Å². The van der Waals surface area contributed by atoms with Crippen LogP contribution in [0.25, 0.3) is 11.4 Å². The molecule has 0 fully saturated rings. The Morgan fingerprint density at radius 1 is 1.20 bits per heavy atom. The van der Waals surface area contributed by atoms with Crippen LogP contribution in [0.15, 0.2) is 18.2 Å². The highest BCUT2D eigenvalue weighted by atomic mass is 19.1. The van der Waals surface area contributed by atoms with Gasteiger partial charge in [0.1, 0.15) is 11.6 Å². The van der Waals surface area contributed by atoms with Crippen LogP contribution in [0.3, 0.4) is 0 Å². The van der Waals surface area contributed by atoms with Crippen molar-refractivity contribution in [2.45, 2.75) is 33.6 Å². The highest BCUT2D eigenvalue weighted by molar-refractivity contribution is 5.61. The van der Waals surface area contributed by atoms with E-state index in [1.807, 2.05) is 6.92 Å². The van der Waals surface area contributed by atoms with E-state index in [4.69, 9.17) is 5.84 Å².